The van der Waals surface area contributed by atoms with Crippen molar-refractivity contribution in [1.29, 1.82) is 0 Å². The summed E-state index contributed by atoms with van der Waals surface area (Å²) in [6.07, 6.45) is 8.45. The number of allylic oxidation sites excluding steroid dienone is 3. The first kappa shape index (κ1) is 14.5. The van der Waals surface area contributed by atoms with E-state index >= 15 is 0 Å². The number of para-hydroxylation sites is 1. The van der Waals surface area contributed by atoms with Crippen LogP contribution >= 0.6 is 0 Å². The van der Waals surface area contributed by atoms with Crippen molar-refractivity contribution >= 4 is 17.4 Å². The monoisotopic (exact) mass is 295 g/mol. The van der Waals surface area contributed by atoms with Crippen LogP contribution in [0.15, 0.2) is 67.3 Å². The van der Waals surface area contributed by atoms with E-state index in [9.17, 15) is 9.59 Å². The molecule has 3 rings (SSSR count). The van der Waals surface area contributed by atoms with Gasteiger partial charge in [-0.15, -0.1) is 6.58 Å². The Morgan fingerprint density at radius 3 is 2.55 bits per heavy atom. The molecule has 1 unspecified atom stereocenters. The lowest BCUT2D eigenvalue weighted by Crippen LogP contribution is -2.59. The van der Waals surface area contributed by atoms with Gasteiger partial charge in [0.2, 0.25) is 5.91 Å². The summed E-state index contributed by atoms with van der Waals surface area (Å²) < 4.78 is 5.99. The minimum atomic E-state index is -1.02. The molecule has 1 amide bonds. The highest BCUT2D eigenvalue weighted by atomic mass is 16.5. The summed E-state index contributed by atoms with van der Waals surface area (Å²) in [4.78, 5) is 26.0. The molecule has 1 fully saturated rings. The first-order chi connectivity index (χ1) is 10.7. The fourth-order valence-electron chi connectivity index (χ4n) is 2.76. The summed E-state index contributed by atoms with van der Waals surface area (Å²) in [5.74, 6) is -0.397. The Hall–Kier alpha value is -2.46. The Labute approximate surface area is 129 Å². The highest BCUT2D eigenvalue weighted by Crippen LogP contribution is 2.36. The van der Waals surface area contributed by atoms with E-state index in [4.69, 9.17) is 4.74 Å². The van der Waals surface area contributed by atoms with E-state index in [1.165, 1.54) is 12.2 Å². The van der Waals surface area contributed by atoms with Gasteiger partial charge in [-0.3, -0.25) is 14.5 Å². The third-order valence-corrected chi connectivity index (χ3v) is 3.87. The van der Waals surface area contributed by atoms with Crippen molar-refractivity contribution in [2.45, 2.75) is 12.1 Å². The van der Waals surface area contributed by atoms with E-state index in [0.29, 0.717) is 13.0 Å². The first-order valence-electron chi connectivity index (χ1n) is 7.23. The normalized spacial score (nSPS) is 23.1. The van der Waals surface area contributed by atoms with Crippen LogP contribution in [0.4, 0.5) is 5.69 Å². The third kappa shape index (κ3) is 2.42. The van der Waals surface area contributed by atoms with Gasteiger partial charge in [-0.05, 0) is 42.9 Å². The number of anilines is 1. The number of hydrogen-bond acceptors (Lipinski definition) is 3. The van der Waals surface area contributed by atoms with Crippen molar-refractivity contribution in [3.63, 3.8) is 0 Å². The number of amides is 1. The minimum absolute atomic E-state index is 0.0269. The van der Waals surface area contributed by atoms with Gasteiger partial charge in [0.1, 0.15) is 0 Å². The zero-order valence-electron chi connectivity index (χ0n) is 12.1. The molecule has 0 aromatic heterocycles. The second-order valence-electron chi connectivity index (χ2n) is 5.36. The maximum absolute atomic E-state index is 12.9. The lowest BCUT2D eigenvalue weighted by Gasteiger charge is -2.46. The summed E-state index contributed by atoms with van der Waals surface area (Å²) >= 11 is 0. The second kappa shape index (κ2) is 5.73. The smallest absolute Gasteiger partial charge is 0.235 e. The molecular weight excluding hydrogens is 278 g/mol. The number of ether oxygens (including phenoxy) is 1. The number of rotatable bonds is 3. The molecule has 2 aliphatic rings. The summed E-state index contributed by atoms with van der Waals surface area (Å²) in [6, 6.07) is 9.35. The van der Waals surface area contributed by atoms with E-state index in [1.54, 1.807) is 23.1 Å². The molecule has 1 saturated heterocycles. The van der Waals surface area contributed by atoms with E-state index in [2.05, 4.69) is 6.58 Å². The molecule has 22 heavy (non-hydrogen) atoms. The molecule has 0 N–H and O–H groups in total. The SMILES string of the molecule is C=CCC1COC2(C=CC(=O)C=C2)N(c2ccccc2)C1=O. The molecule has 0 radical (unpaired) electrons. The average molecular weight is 295 g/mol. The van der Waals surface area contributed by atoms with Crippen LogP contribution in [-0.4, -0.2) is 24.0 Å². The predicted octanol–water partition coefficient (Wildman–Crippen LogP) is 2.63. The Morgan fingerprint density at radius 1 is 1.23 bits per heavy atom. The first-order valence-corrected chi connectivity index (χ1v) is 7.23. The molecule has 1 heterocycles. The second-order valence-corrected chi connectivity index (χ2v) is 5.36. The van der Waals surface area contributed by atoms with Crippen LogP contribution in [0.5, 0.6) is 0 Å². The standard InChI is InChI=1S/C18H17NO3/c1-2-6-14-13-22-18(11-9-16(20)10-12-18)19(17(14)21)15-7-4-3-5-8-15/h2-5,7-12,14H,1,6,13H2. The van der Waals surface area contributed by atoms with Gasteiger partial charge in [-0.2, -0.15) is 0 Å². The lowest BCUT2D eigenvalue weighted by atomic mass is 9.95. The Kier molecular flexibility index (Phi) is 3.77. The van der Waals surface area contributed by atoms with Gasteiger partial charge in [0.05, 0.1) is 12.5 Å². The summed E-state index contributed by atoms with van der Waals surface area (Å²) in [6.45, 7) is 4.00. The average Bonchev–Trinajstić information content (AvgIpc) is 2.54. The van der Waals surface area contributed by atoms with Gasteiger partial charge >= 0.3 is 0 Å². The maximum Gasteiger partial charge on any atom is 0.235 e. The van der Waals surface area contributed by atoms with Crippen molar-refractivity contribution in [2.24, 2.45) is 5.92 Å². The van der Waals surface area contributed by atoms with Crippen LogP contribution in [0.1, 0.15) is 6.42 Å². The molecule has 1 spiro atoms. The van der Waals surface area contributed by atoms with Crippen molar-refractivity contribution in [1.82, 2.24) is 0 Å². The fraction of sp³-hybridized carbons (Fsp3) is 0.222. The van der Waals surface area contributed by atoms with Gasteiger partial charge in [0, 0.05) is 5.69 Å². The van der Waals surface area contributed by atoms with Crippen molar-refractivity contribution < 1.29 is 14.3 Å². The van der Waals surface area contributed by atoms with Gasteiger partial charge in [-0.25, -0.2) is 0 Å². The molecule has 0 saturated carbocycles. The lowest BCUT2D eigenvalue weighted by molar-refractivity contribution is -0.137. The van der Waals surface area contributed by atoms with E-state index in [1.807, 2.05) is 30.3 Å². The fourth-order valence-corrected chi connectivity index (χ4v) is 2.76. The van der Waals surface area contributed by atoms with Crippen LogP contribution in [-0.2, 0) is 14.3 Å². The van der Waals surface area contributed by atoms with Crippen LogP contribution < -0.4 is 4.90 Å². The summed E-state index contributed by atoms with van der Waals surface area (Å²) in [5.41, 5.74) is -0.283. The molecule has 1 aliphatic heterocycles. The minimum Gasteiger partial charge on any atom is -0.347 e. The van der Waals surface area contributed by atoms with Crippen molar-refractivity contribution in [3.8, 4) is 0 Å². The molecule has 112 valence electrons. The highest BCUT2D eigenvalue weighted by molar-refractivity contribution is 6.03. The van der Waals surface area contributed by atoms with Gasteiger partial charge in [0.15, 0.2) is 11.5 Å². The van der Waals surface area contributed by atoms with E-state index in [-0.39, 0.29) is 17.6 Å². The van der Waals surface area contributed by atoms with Crippen molar-refractivity contribution in [3.05, 3.63) is 67.3 Å². The number of nitrogens with zero attached hydrogens (tertiary/aromatic N) is 1. The Bertz CT molecular complexity index is 644. The molecule has 1 aliphatic carbocycles. The maximum atomic E-state index is 12.9. The van der Waals surface area contributed by atoms with Crippen LogP contribution in [0.25, 0.3) is 0 Å². The van der Waals surface area contributed by atoms with Gasteiger partial charge < -0.3 is 4.74 Å². The summed E-state index contributed by atoms with van der Waals surface area (Å²) in [7, 11) is 0. The quantitative estimate of drug-likeness (QED) is 0.805. The number of benzene rings is 1. The largest absolute Gasteiger partial charge is 0.347 e. The molecule has 1 atom stereocenters. The number of hydrogen-bond donors (Lipinski definition) is 0. The third-order valence-electron chi connectivity index (χ3n) is 3.87. The molecule has 4 nitrogen and oxygen atoms in total. The summed E-state index contributed by atoms with van der Waals surface area (Å²) in [5, 5.41) is 0. The highest BCUT2D eigenvalue weighted by Gasteiger charge is 2.45. The zero-order chi connectivity index (χ0) is 15.6. The predicted molar refractivity (Wildman–Crippen MR) is 84.2 cm³/mol. The van der Waals surface area contributed by atoms with Crippen LogP contribution in [0, 0.1) is 5.92 Å². The molecular formula is C18H17NO3. The van der Waals surface area contributed by atoms with Gasteiger partial charge in [-0.1, -0.05) is 24.3 Å². The molecule has 1 aromatic rings. The molecule has 1 aromatic carbocycles. The van der Waals surface area contributed by atoms with E-state index in [0.717, 1.165) is 5.69 Å². The van der Waals surface area contributed by atoms with Crippen LogP contribution in [0.3, 0.4) is 0 Å². The topological polar surface area (TPSA) is 46.6 Å². The van der Waals surface area contributed by atoms with E-state index < -0.39 is 5.72 Å². The Morgan fingerprint density at radius 2 is 1.91 bits per heavy atom. The van der Waals surface area contributed by atoms with Gasteiger partial charge in [0.25, 0.3) is 0 Å². The number of carbonyl (C=O) groups excluding carboxylic acids is 2. The number of ketones is 1. The zero-order valence-corrected chi connectivity index (χ0v) is 12.1. The molecule has 0 bridgehead atoms. The van der Waals surface area contributed by atoms with Crippen molar-refractivity contribution in [2.75, 3.05) is 11.5 Å². The van der Waals surface area contributed by atoms with Crippen LogP contribution in [0.2, 0.25) is 0 Å². The molecule has 4 heteroatoms. The Balaban J connectivity index is 2.05. The number of carbonyl (C=O) groups is 2.